The molecule has 1 unspecified atom stereocenters. The number of nitrogens with two attached hydrogens (primary N) is 1. The first-order valence-electron chi connectivity index (χ1n) is 5.95. The molecule has 0 fully saturated rings. The van der Waals surface area contributed by atoms with Crippen LogP contribution >= 0.6 is 23.2 Å². The van der Waals surface area contributed by atoms with E-state index in [0.29, 0.717) is 0 Å². The van der Waals surface area contributed by atoms with E-state index in [-0.39, 0.29) is 39.2 Å². The molecule has 1 aromatic carbocycles. The molecule has 5 nitrogen and oxygen atoms in total. The first-order chi connectivity index (χ1) is 9.20. The van der Waals surface area contributed by atoms with E-state index >= 15 is 0 Å². The van der Waals surface area contributed by atoms with Crippen molar-refractivity contribution in [1.82, 2.24) is 4.72 Å². The van der Waals surface area contributed by atoms with E-state index in [1.54, 1.807) is 0 Å². The van der Waals surface area contributed by atoms with Gasteiger partial charge in [0.2, 0.25) is 10.0 Å². The molecule has 0 spiro atoms. The van der Waals surface area contributed by atoms with Gasteiger partial charge in [-0.1, -0.05) is 37.0 Å². The van der Waals surface area contributed by atoms with E-state index in [1.807, 2.05) is 13.8 Å². The summed E-state index contributed by atoms with van der Waals surface area (Å²) in [5.74, 6) is 0.0631. The van der Waals surface area contributed by atoms with Gasteiger partial charge in [0.15, 0.2) is 0 Å². The highest BCUT2D eigenvalue weighted by atomic mass is 35.5. The topological polar surface area (TPSA) is 81.4 Å². The number of sulfonamides is 1. The zero-order chi connectivity index (χ0) is 15.5. The van der Waals surface area contributed by atoms with E-state index in [2.05, 4.69) is 4.72 Å². The van der Waals surface area contributed by atoms with Crippen LogP contribution in [0.15, 0.2) is 17.0 Å². The minimum atomic E-state index is -3.80. The number of rotatable bonds is 6. The molecule has 1 atom stereocenters. The van der Waals surface area contributed by atoms with Gasteiger partial charge in [-0.3, -0.25) is 0 Å². The summed E-state index contributed by atoms with van der Waals surface area (Å²) >= 11 is 11.8. The standard InChI is InChI=1S/C12H18Cl2N2O3S/c1-7(2)9(6-19-3)16-20(17,18)10-5-4-8(13)12(15)11(10)14/h4-5,7,9,16H,6,15H2,1-3H3. The highest BCUT2D eigenvalue weighted by Crippen LogP contribution is 2.33. The van der Waals surface area contributed by atoms with E-state index in [0.717, 1.165) is 0 Å². The van der Waals surface area contributed by atoms with E-state index in [9.17, 15) is 8.42 Å². The van der Waals surface area contributed by atoms with E-state index in [1.165, 1.54) is 19.2 Å². The molecule has 3 N–H and O–H groups in total. The fourth-order valence-corrected chi connectivity index (χ4v) is 3.70. The van der Waals surface area contributed by atoms with Crippen LogP contribution in [0.3, 0.4) is 0 Å². The summed E-state index contributed by atoms with van der Waals surface area (Å²) in [6.07, 6.45) is 0. The predicted octanol–water partition coefficient (Wildman–Crippen LogP) is 2.52. The van der Waals surface area contributed by atoms with Crippen molar-refractivity contribution in [2.24, 2.45) is 5.92 Å². The first-order valence-corrected chi connectivity index (χ1v) is 8.19. The average molecular weight is 341 g/mol. The monoisotopic (exact) mass is 340 g/mol. The number of benzene rings is 1. The van der Waals surface area contributed by atoms with Gasteiger partial charge in [0, 0.05) is 13.2 Å². The summed E-state index contributed by atoms with van der Waals surface area (Å²) in [6, 6.07) is 2.36. The Labute approximate surface area is 129 Å². The Hall–Kier alpha value is -0.530. The lowest BCUT2D eigenvalue weighted by atomic mass is 10.1. The molecular formula is C12H18Cl2N2O3S. The molecule has 0 saturated carbocycles. The molecule has 0 amide bonds. The van der Waals surface area contributed by atoms with Crippen LogP contribution in [0.1, 0.15) is 13.8 Å². The fraction of sp³-hybridized carbons (Fsp3) is 0.500. The van der Waals surface area contributed by atoms with Crippen LogP contribution < -0.4 is 10.5 Å². The SMILES string of the molecule is COCC(NS(=O)(=O)c1ccc(Cl)c(N)c1Cl)C(C)C. The number of hydrogen-bond donors (Lipinski definition) is 2. The summed E-state index contributed by atoms with van der Waals surface area (Å²) in [5.41, 5.74) is 5.69. The number of anilines is 1. The molecule has 8 heteroatoms. The second-order valence-electron chi connectivity index (χ2n) is 4.70. The molecule has 20 heavy (non-hydrogen) atoms. The predicted molar refractivity (Wildman–Crippen MR) is 81.7 cm³/mol. The van der Waals surface area contributed by atoms with Gasteiger partial charge >= 0.3 is 0 Å². The largest absolute Gasteiger partial charge is 0.396 e. The van der Waals surface area contributed by atoms with Gasteiger partial charge in [-0.15, -0.1) is 0 Å². The quantitative estimate of drug-likeness (QED) is 0.779. The molecule has 0 aliphatic rings. The normalized spacial score (nSPS) is 13.7. The zero-order valence-corrected chi connectivity index (χ0v) is 13.8. The summed E-state index contributed by atoms with van der Waals surface area (Å²) in [5, 5.41) is 0.135. The maximum atomic E-state index is 12.4. The summed E-state index contributed by atoms with van der Waals surface area (Å²) < 4.78 is 32.3. The van der Waals surface area contributed by atoms with Gasteiger partial charge in [0.25, 0.3) is 0 Å². The smallest absolute Gasteiger partial charge is 0.242 e. The molecule has 1 aromatic rings. The van der Waals surface area contributed by atoms with Crippen molar-refractivity contribution in [2.45, 2.75) is 24.8 Å². The van der Waals surface area contributed by atoms with Crippen molar-refractivity contribution < 1.29 is 13.2 Å². The molecule has 0 aliphatic heterocycles. The molecule has 0 radical (unpaired) electrons. The summed E-state index contributed by atoms with van der Waals surface area (Å²) in [7, 11) is -2.29. The molecule has 0 bridgehead atoms. The average Bonchev–Trinajstić information content (AvgIpc) is 2.34. The molecule has 1 rings (SSSR count). The van der Waals surface area contributed by atoms with Crippen molar-refractivity contribution in [3.8, 4) is 0 Å². The summed E-state index contributed by atoms with van der Waals surface area (Å²) in [6.45, 7) is 4.05. The van der Waals surface area contributed by atoms with Gasteiger partial charge in [0.1, 0.15) is 4.90 Å². The minimum absolute atomic E-state index is 0.0454. The second-order valence-corrected chi connectivity index (χ2v) is 7.17. The number of ether oxygens (including phenoxy) is 1. The van der Waals surface area contributed by atoms with Crippen LogP contribution in [0.2, 0.25) is 10.0 Å². The van der Waals surface area contributed by atoms with Gasteiger partial charge in [-0.25, -0.2) is 13.1 Å². The third kappa shape index (κ3) is 3.99. The molecule has 0 aliphatic carbocycles. The number of nitrogens with one attached hydrogen (secondary N) is 1. The maximum Gasteiger partial charge on any atom is 0.242 e. The Bertz CT molecular complexity index is 576. The Morgan fingerprint density at radius 3 is 2.45 bits per heavy atom. The highest BCUT2D eigenvalue weighted by molar-refractivity contribution is 7.89. The van der Waals surface area contributed by atoms with Crippen molar-refractivity contribution >= 4 is 38.9 Å². The van der Waals surface area contributed by atoms with Gasteiger partial charge in [-0.05, 0) is 18.1 Å². The van der Waals surface area contributed by atoms with Gasteiger partial charge in [0.05, 0.1) is 22.3 Å². The lowest BCUT2D eigenvalue weighted by Gasteiger charge is -2.22. The van der Waals surface area contributed by atoms with Crippen molar-refractivity contribution in [3.63, 3.8) is 0 Å². The Morgan fingerprint density at radius 1 is 1.35 bits per heavy atom. The van der Waals surface area contributed by atoms with E-state index < -0.39 is 10.0 Å². The minimum Gasteiger partial charge on any atom is -0.396 e. The lowest BCUT2D eigenvalue weighted by molar-refractivity contribution is 0.157. The lowest BCUT2D eigenvalue weighted by Crippen LogP contribution is -2.41. The van der Waals surface area contributed by atoms with Crippen LogP contribution in [-0.2, 0) is 14.8 Å². The third-order valence-corrected chi connectivity index (χ3v) is 5.22. The van der Waals surface area contributed by atoms with Crippen LogP contribution in [-0.4, -0.2) is 28.2 Å². The summed E-state index contributed by atoms with van der Waals surface area (Å²) in [4.78, 5) is -0.0946. The van der Waals surface area contributed by atoms with Gasteiger partial charge < -0.3 is 10.5 Å². The van der Waals surface area contributed by atoms with E-state index in [4.69, 9.17) is 33.7 Å². The van der Waals surface area contributed by atoms with Crippen LogP contribution in [0.5, 0.6) is 0 Å². The number of halogens is 2. The highest BCUT2D eigenvalue weighted by Gasteiger charge is 2.25. The van der Waals surface area contributed by atoms with Crippen LogP contribution in [0.4, 0.5) is 5.69 Å². The number of hydrogen-bond acceptors (Lipinski definition) is 4. The Morgan fingerprint density at radius 2 is 1.95 bits per heavy atom. The molecular weight excluding hydrogens is 323 g/mol. The van der Waals surface area contributed by atoms with Gasteiger partial charge in [-0.2, -0.15) is 0 Å². The molecule has 114 valence electrons. The second kappa shape index (κ2) is 6.95. The Kier molecular flexibility index (Phi) is 6.09. The first kappa shape index (κ1) is 17.5. The van der Waals surface area contributed by atoms with Crippen LogP contribution in [0, 0.1) is 5.92 Å². The van der Waals surface area contributed by atoms with Crippen LogP contribution in [0.25, 0.3) is 0 Å². The third-order valence-electron chi connectivity index (χ3n) is 2.84. The maximum absolute atomic E-state index is 12.4. The van der Waals surface area contributed by atoms with Crippen molar-refractivity contribution in [2.75, 3.05) is 19.5 Å². The Balaban J connectivity index is 3.14. The van der Waals surface area contributed by atoms with Crippen molar-refractivity contribution in [1.29, 1.82) is 0 Å². The molecule has 0 heterocycles. The number of methoxy groups -OCH3 is 1. The number of nitrogen functional groups attached to an aromatic ring is 1. The fourth-order valence-electron chi connectivity index (χ4n) is 1.56. The molecule has 0 saturated heterocycles. The molecule has 0 aromatic heterocycles. The zero-order valence-electron chi connectivity index (χ0n) is 11.5. The van der Waals surface area contributed by atoms with Crippen molar-refractivity contribution in [3.05, 3.63) is 22.2 Å².